The summed E-state index contributed by atoms with van der Waals surface area (Å²) in [6.07, 6.45) is -0.0962. The van der Waals surface area contributed by atoms with E-state index in [1.807, 2.05) is 0 Å². The van der Waals surface area contributed by atoms with Crippen molar-refractivity contribution in [2.45, 2.75) is 12.5 Å². The molecule has 0 aliphatic carbocycles. The molecule has 1 aromatic carbocycles. The first-order valence-corrected chi connectivity index (χ1v) is 5.71. The summed E-state index contributed by atoms with van der Waals surface area (Å²) in [7, 11) is 3.04. The topological polar surface area (TPSA) is 71.1 Å². The largest absolute Gasteiger partial charge is 0.493 e. The van der Waals surface area contributed by atoms with Gasteiger partial charge in [0.15, 0.2) is 11.5 Å². The Bertz CT molecular complexity index is 496. The van der Waals surface area contributed by atoms with Crippen molar-refractivity contribution in [1.82, 2.24) is 0 Å². The Morgan fingerprint density at radius 1 is 1.37 bits per heavy atom. The number of cyclic esters (lactones) is 1. The second-order valence-corrected chi connectivity index (χ2v) is 3.99. The molecule has 6 nitrogen and oxygen atoms in total. The summed E-state index contributed by atoms with van der Waals surface area (Å²) in [5.41, 5.74) is 1.15. The van der Waals surface area contributed by atoms with Gasteiger partial charge in [-0.2, -0.15) is 0 Å². The van der Waals surface area contributed by atoms with Crippen molar-refractivity contribution >= 4 is 12.4 Å². The van der Waals surface area contributed by atoms with Gasteiger partial charge in [0.05, 0.1) is 19.8 Å². The maximum absolute atomic E-state index is 11.9. The Morgan fingerprint density at radius 2 is 2.16 bits per heavy atom. The SMILES string of the molecule is COc1ccc2c(c1OC)CC(COC=O)OC2=O. The number of benzene rings is 1. The van der Waals surface area contributed by atoms with Gasteiger partial charge in [-0.3, -0.25) is 4.79 Å². The Morgan fingerprint density at radius 3 is 2.79 bits per heavy atom. The molecule has 6 heteroatoms. The van der Waals surface area contributed by atoms with Gasteiger partial charge in [-0.15, -0.1) is 0 Å². The van der Waals surface area contributed by atoms with E-state index in [1.165, 1.54) is 14.2 Å². The molecule has 1 aliphatic heterocycles. The maximum Gasteiger partial charge on any atom is 0.338 e. The van der Waals surface area contributed by atoms with Crippen molar-refractivity contribution in [3.8, 4) is 11.5 Å². The van der Waals surface area contributed by atoms with Gasteiger partial charge < -0.3 is 18.9 Å². The zero-order valence-electron chi connectivity index (χ0n) is 10.7. The van der Waals surface area contributed by atoms with Gasteiger partial charge in [0.25, 0.3) is 6.47 Å². The van der Waals surface area contributed by atoms with Gasteiger partial charge in [-0.25, -0.2) is 4.79 Å². The second-order valence-electron chi connectivity index (χ2n) is 3.99. The van der Waals surface area contributed by atoms with Crippen LogP contribution >= 0.6 is 0 Å². The van der Waals surface area contributed by atoms with Crippen LogP contribution in [0, 0.1) is 0 Å². The lowest BCUT2D eigenvalue weighted by molar-refractivity contribution is -0.131. The highest BCUT2D eigenvalue weighted by Crippen LogP contribution is 2.37. The van der Waals surface area contributed by atoms with Crippen LogP contribution in [-0.2, 0) is 20.7 Å². The average Bonchev–Trinajstić information content (AvgIpc) is 2.43. The molecule has 0 bridgehead atoms. The summed E-state index contributed by atoms with van der Waals surface area (Å²) < 4.78 is 20.3. The summed E-state index contributed by atoms with van der Waals surface area (Å²) >= 11 is 0. The molecular weight excluding hydrogens is 252 g/mol. The van der Waals surface area contributed by atoms with Gasteiger partial charge in [0.1, 0.15) is 12.7 Å². The second kappa shape index (κ2) is 5.60. The lowest BCUT2D eigenvalue weighted by Gasteiger charge is -2.26. The molecule has 1 aromatic rings. The van der Waals surface area contributed by atoms with E-state index in [1.54, 1.807) is 12.1 Å². The van der Waals surface area contributed by atoms with E-state index < -0.39 is 12.1 Å². The zero-order valence-corrected chi connectivity index (χ0v) is 10.7. The van der Waals surface area contributed by atoms with Gasteiger partial charge in [0.2, 0.25) is 0 Å². The quantitative estimate of drug-likeness (QED) is 0.584. The maximum atomic E-state index is 11.9. The van der Waals surface area contributed by atoms with Crippen LogP contribution in [0.4, 0.5) is 0 Å². The zero-order chi connectivity index (χ0) is 13.8. The van der Waals surface area contributed by atoms with Crippen molar-refractivity contribution < 1.29 is 28.5 Å². The van der Waals surface area contributed by atoms with Crippen LogP contribution in [0.25, 0.3) is 0 Å². The first-order chi connectivity index (χ1) is 9.21. The number of hydrogen-bond acceptors (Lipinski definition) is 6. The van der Waals surface area contributed by atoms with E-state index in [-0.39, 0.29) is 6.61 Å². The predicted octanol–water partition coefficient (Wildman–Crippen LogP) is 0.958. The average molecular weight is 266 g/mol. The van der Waals surface area contributed by atoms with Crippen molar-refractivity contribution in [2.24, 2.45) is 0 Å². The van der Waals surface area contributed by atoms with E-state index in [9.17, 15) is 9.59 Å². The molecule has 1 unspecified atom stereocenters. The first-order valence-electron chi connectivity index (χ1n) is 5.71. The van der Waals surface area contributed by atoms with Gasteiger partial charge in [0, 0.05) is 12.0 Å². The molecule has 19 heavy (non-hydrogen) atoms. The molecule has 0 saturated carbocycles. The normalized spacial score (nSPS) is 17.2. The summed E-state index contributed by atoms with van der Waals surface area (Å²) in [5, 5.41) is 0. The van der Waals surface area contributed by atoms with Crippen molar-refractivity contribution in [2.75, 3.05) is 20.8 Å². The number of carbonyl (C=O) groups is 2. The Hall–Kier alpha value is -2.24. The number of hydrogen-bond donors (Lipinski definition) is 0. The molecule has 0 fully saturated rings. The monoisotopic (exact) mass is 266 g/mol. The first kappa shape index (κ1) is 13.2. The molecule has 1 aliphatic rings. The van der Waals surface area contributed by atoms with Gasteiger partial charge >= 0.3 is 5.97 Å². The van der Waals surface area contributed by atoms with Crippen LogP contribution in [0.2, 0.25) is 0 Å². The third kappa shape index (κ3) is 2.47. The van der Waals surface area contributed by atoms with Crippen LogP contribution in [0.5, 0.6) is 11.5 Å². The Balaban J connectivity index is 2.37. The van der Waals surface area contributed by atoms with Crippen LogP contribution in [-0.4, -0.2) is 39.4 Å². The number of ether oxygens (including phenoxy) is 4. The highest BCUT2D eigenvalue weighted by Gasteiger charge is 2.30. The Labute approximate surface area is 110 Å². The number of carbonyl (C=O) groups excluding carboxylic acids is 2. The minimum atomic E-state index is -0.508. The highest BCUT2D eigenvalue weighted by atomic mass is 16.6. The molecular formula is C13H14O6. The summed E-state index contributed by atoms with van der Waals surface area (Å²) in [5.74, 6) is 0.598. The Kier molecular flexibility index (Phi) is 3.89. The molecule has 0 amide bonds. The van der Waals surface area contributed by atoms with Crippen molar-refractivity contribution in [1.29, 1.82) is 0 Å². The molecule has 0 radical (unpaired) electrons. The number of methoxy groups -OCH3 is 2. The molecule has 0 saturated heterocycles. The highest BCUT2D eigenvalue weighted by molar-refractivity contribution is 5.93. The van der Waals surface area contributed by atoms with E-state index in [0.29, 0.717) is 35.5 Å². The van der Waals surface area contributed by atoms with E-state index in [2.05, 4.69) is 4.74 Å². The van der Waals surface area contributed by atoms with E-state index in [4.69, 9.17) is 14.2 Å². The minimum absolute atomic E-state index is 0.0229. The summed E-state index contributed by atoms with van der Waals surface area (Å²) in [6.45, 7) is 0.348. The van der Waals surface area contributed by atoms with E-state index in [0.717, 1.165) is 0 Å². The van der Waals surface area contributed by atoms with Crippen molar-refractivity contribution in [3.05, 3.63) is 23.3 Å². The fourth-order valence-corrected chi connectivity index (χ4v) is 2.11. The minimum Gasteiger partial charge on any atom is -0.493 e. The lowest BCUT2D eigenvalue weighted by atomic mass is 9.97. The van der Waals surface area contributed by atoms with Crippen LogP contribution in [0.1, 0.15) is 15.9 Å². The standard InChI is InChI=1S/C13H14O6/c1-16-11-4-3-9-10(12(11)17-2)5-8(6-18-7-14)19-13(9)15/h3-4,7-8H,5-6H2,1-2H3. The summed E-state index contributed by atoms with van der Waals surface area (Å²) in [6, 6.07) is 3.29. The van der Waals surface area contributed by atoms with E-state index >= 15 is 0 Å². The summed E-state index contributed by atoms with van der Waals surface area (Å²) in [4.78, 5) is 22.1. The molecule has 1 heterocycles. The number of esters is 1. The molecule has 2 rings (SSSR count). The third-order valence-corrected chi connectivity index (χ3v) is 2.92. The van der Waals surface area contributed by atoms with Crippen LogP contribution < -0.4 is 9.47 Å². The predicted molar refractivity (Wildman–Crippen MR) is 64.5 cm³/mol. The molecule has 1 atom stereocenters. The fourth-order valence-electron chi connectivity index (χ4n) is 2.11. The smallest absolute Gasteiger partial charge is 0.338 e. The third-order valence-electron chi connectivity index (χ3n) is 2.92. The van der Waals surface area contributed by atoms with Crippen LogP contribution in [0.15, 0.2) is 12.1 Å². The van der Waals surface area contributed by atoms with Gasteiger partial charge in [-0.1, -0.05) is 0 Å². The number of rotatable bonds is 5. The molecule has 0 spiro atoms. The van der Waals surface area contributed by atoms with Crippen molar-refractivity contribution in [3.63, 3.8) is 0 Å². The van der Waals surface area contributed by atoms with Crippen LogP contribution in [0.3, 0.4) is 0 Å². The molecule has 0 N–H and O–H groups in total. The lowest BCUT2D eigenvalue weighted by Crippen LogP contribution is -2.31. The molecule has 0 aromatic heterocycles. The fraction of sp³-hybridized carbons (Fsp3) is 0.385. The van der Waals surface area contributed by atoms with Gasteiger partial charge in [-0.05, 0) is 12.1 Å². The molecule has 102 valence electrons. The number of fused-ring (bicyclic) bond motifs is 1.